The molecule has 0 unspecified atom stereocenters. The van der Waals surface area contributed by atoms with Crippen LogP contribution in [0.25, 0.3) is 10.1 Å². The van der Waals surface area contributed by atoms with Crippen LogP contribution in [0.4, 0.5) is 10.1 Å². The molecule has 0 spiro atoms. The average molecular weight is 375 g/mol. The molecule has 134 valence electrons. The Morgan fingerprint density at radius 2 is 1.67 bits per heavy atom. The molecule has 1 amide bonds. The van der Waals surface area contributed by atoms with Crippen LogP contribution >= 0.6 is 11.3 Å². The maximum absolute atomic E-state index is 13.1. The minimum absolute atomic E-state index is 0.162. The van der Waals surface area contributed by atoms with Crippen molar-refractivity contribution in [2.45, 2.75) is 13.3 Å². The number of thiophene rings is 1. The number of hydrogen-bond donors (Lipinski definition) is 1. The van der Waals surface area contributed by atoms with Crippen molar-refractivity contribution in [3.8, 4) is 0 Å². The van der Waals surface area contributed by atoms with E-state index in [0.29, 0.717) is 17.0 Å². The van der Waals surface area contributed by atoms with Crippen LogP contribution in [0.2, 0.25) is 0 Å². The van der Waals surface area contributed by atoms with E-state index in [1.807, 2.05) is 18.2 Å². The summed E-state index contributed by atoms with van der Waals surface area (Å²) >= 11 is 1.49. The highest BCUT2D eigenvalue weighted by atomic mass is 32.1. The van der Waals surface area contributed by atoms with Crippen molar-refractivity contribution in [3.05, 3.63) is 100 Å². The molecule has 0 saturated heterocycles. The number of aryl methyl sites for hydroxylation is 1. The third kappa shape index (κ3) is 3.76. The van der Waals surface area contributed by atoms with Gasteiger partial charge in [0.2, 0.25) is 0 Å². The minimum atomic E-state index is -0.324. The van der Waals surface area contributed by atoms with Crippen LogP contribution in [0.1, 0.15) is 26.4 Å². The van der Waals surface area contributed by atoms with Gasteiger partial charge in [-0.3, -0.25) is 4.79 Å². The lowest BCUT2D eigenvalue weighted by molar-refractivity contribution is 0.103. The number of rotatable bonds is 4. The predicted molar refractivity (Wildman–Crippen MR) is 110 cm³/mol. The van der Waals surface area contributed by atoms with Gasteiger partial charge in [-0.05, 0) is 60.2 Å². The molecule has 0 saturated carbocycles. The largest absolute Gasteiger partial charge is 0.321 e. The van der Waals surface area contributed by atoms with Gasteiger partial charge in [0.05, 0.1) is 4.88 Å². The van der Waals surface area contributed by atoms with Gasteiger partial charge in [0, 0.05) is 10.4 Å². The summed E-state index contributed by atoms with van der Waals surface area (Å²) in [6.45, 7) is 2.06. The standard InChI is InChI=1S/C23H18FNOS/c1-15-6-8-16(9-7-15)14-20-19-4-2-3-5-21(19)27-22(20)23(26)25-18-12-10-17(24)11-13-18/h2-13H,14H2,1H3,(H,25,26). The summed E-state index contributed by atoms with van der Waals surface area (Å²) in [4.78, 5) is 13.6. The van der Waals surface area contributed by atoms with Crippen LogP contribution in [0.15, 0.2) is 72.8 Å². The zero-order valence-electron chi connectivity index (χ0n) is 14.8. The van der Waals surface area contributed by atoms with E-state index < -0.39 is 0 Å². The molecule has 0 atom stereocenters. The molecule has 4 heteroatoms. The molecule has 27 heavy (non-hydrogen) atoms. The Labute approximate surface area is 161 Å². The highest BCUT2D eigenvalue weighted by Gasteiger charge is 2.18. The molecule has 0 fully saturated rings. The first-order valence-corrected chi connectivity index (χ1v) is 9.55. The second-order valence-corrected chi connectivity index (χ2v) is 7.58. The molecule has 3 aromatic carbocycles. The van der Waals surface area contributed by atoms with Crippen LogP contribution in [-0.2, 0) is 6.42 Å². The fourth-order valence-corrected chi connectivity index (χ4v) is 4.21. The molecule has 4 aromatic rings. The van der Waals surface area contributed by atoms with Gasteiger partial charge < -0.3 is 5.32 Å². The quantitative estimate of drug-likeness (QED) is 0.452. The van der Waals surface area contributed by atoms with Gasteiger partial charge in [0.15, 0.2) is 0 Å². The molecule has 0 aliphatic carbocycles. The Bertz CT molecular complexity index is 1100. The number of fused-ring (bicyclic) bond motifs is 1. The summed E-state index contributed by atoms with van der Waals surface area (Å²) < 4.78 is 14.2. The maximum atomic E-state index is 13.1. The third-order valence-electron chi connectivity index (χ3n) is 4.51. The van der Waals surface area contributed by atoms with Crippen molar-refractivity contribution in [2.75, 3.05) is 5.32 Å². The van der Waals surface area contributed by atoms with Gasteiger partial charge in [-0.25, -0.2) is 4.39 Å². The van der Waals surface area contributed by atoms with Crippen molar-refractivity contribution < 1.29 is 9.18 Å². The summed E-state index contributed by atoms with van der Waals surface area (Å²) in [5.41, 5.74) is 3.99. The van der Waals surface area contributed by atoms with Gasteiger partial charge >= 0.3 is 0 Å². The van der Waals surface area contributed by atoms with E-state index in [9.17, 15) is 9.18 Å². The monoisotopic (exact) mass is 375 g/mol. The van der Waals surface area contributed by atoms with E-state index in [4.69, 9.17) is 0 Å². The van der Waals surface area contributed by atoms with Crippen molar-refractivity contribution in [1.82, 2.24) is 0 Å². The fourth-order valence-electron chi connectivity index (χ4n) is 3.09. The first-order chi connectivity index (χ1) is 13.1. The molecular weight excluding hydrogens is 357 g/mol. The lowest BCUT2D eigenvalue weighted by Crippen LogP contribution is -2.12. The number of anilines is 1. The van der Waals surface area contributed by atoms with Crippen LogP contribution in [-0.4, -0.2) is 5.91 Å². The zero-order valence-corrected chi connectivity index (χ0v) is 15.6. The number of amides is 1. The predicted octanol–water partition coefficient (Wildman–Crippen LogP) is 6.19. The lowest BCUT2D eigenvalue weighted by atomic mass is 10.0. The van der Waals surface area contributed by atoms with Gasteiger partial charge in [-0.1, -0.05) is 48.0 Å². The minimum Gasteiger partial charge on any atom is -0.321 e. The summed E-state index contributed by atoms with van der Waals surface area (Å²) in [5, 5.41) is 3.99. The number of carbonyl (C=O) groups is 1. The summed E-state index contributed by atoms with van der Waals surface area (Å²) in [5.74, 6) is -0.486. The molecule has 0 bridgehead atoms. The van der Waals surface area contributed by atoms with Crippen LogP contribution < -0.4 is 5.32 Å². The van der Waals surface area contributed by atoms with Gasteiger partial charge in [-0.2, -0.15) is 0 Å². The van der Waals surface area contributed by atoms with Crippen LogP contribution in [0.5, 0.6) is 0 Å². The van der Waals surface area contributed by atoms with E-state index in [1.54, 1.807) is 12.1 Å². The lowest BCUT2D eigenvalue weighted by Gasteiger charge is -2.07. The second-order valence-electron chi connectivity index (χ2n) is 6.53. The summed E-state index contributed by atoms with van der Waals surface area (Å²) in [6.07, 6.45) is 0.691. The maximum Gasteiger partial charge on any atom is 0.266 e. The van der Waals surface area contributed by atoms with E-state index in [-0.39, 0.29) is 11.7 Å². The van der Waals surface area contributed by atoms with Gasteiger partial charge in [0.25, 0.3) is 5.91 Å². The van der Waals surface area contributed by atoms with Crippen molar-refractivity contribution in [2.24, 2.45) is 0 Å². The highest BCUT2D eigenvalue weighted by Crippen LogP contribution is 2.33. The number of halogens is 1. The summed E-state index contributed by atoms with van der Waals surface area (Å²) in [7, 11) is 0. The molecule has 1 aromatic heterocycles. The molecule has 1 N–H and O–H groups in total. The van der Waals surface area contributed by atoms with E-state index in [0.717, 1.165) is 15.6 Å². The molecule has 0 aliphatic heterocycles. The molecule has 4 rings (SSSR count). The first kappa shape index (κ1) is 17.4. The van der Waals surface area contributed by atoms with Gasteiger partial charge in [-0.15, -0.1) is 11.3 Å². The third-order valence-corrected chi connectivity index (χ3v) is 5.72. The summed E-state index contributed by atoms with van der Waals surface area (Å²) in [6, 6.07) is 22.3. The Balaban J connectivity index is 1.71. The Kier molecular flexibility index (Phi) is 4.73. The highest BCUT2D eigenvalue weighted by molar-refractivity contribution is 7.21. The first-order valence-electron chi connectivity index (χ1n) is 8.73. The Morgan fingerprint density at radius 3 is 2.41 bits per heavy atom. The molecule has 2 nitrogen and oxygen atoms in total. The number of benzene rings is 3. The van der Waals surface area contributed by atoms with Crippen LogP contribution in [0.3, 0.4) is 0 Å². The Hall–Kier alpha value is -2.98. The molecule has 1 heterocycles. The van der Waals surface area contributed by atoms with E-state index in [1.165, 1.54) is 34.6 Å². The fraction of sp³-hybridized carbons (Fsp3) is 0.0870. The smallest absolute Gasteiger partial charge is 0.266 e. The molecule has 0 radical (unpaired) electrons. The average Bonchev–Trinajstić information content (AvgIpc) is 3.04. The van der Waals surface area contributed by atoms with Crippen molar-refractivity contribution in [3.63, 3.8) is 0 Å². The number of carbonyl (C=O) groups excluding carboxylic acids is 1. The zero-order chi connectivity index (χ0) is 18.8. The molecule has 0 aliphatic rings. The SMILES string of the molecule is Cc1ccc(Cc2c(C(=O)Nc3ccc(F)cc3)sc3ccccc23)cc1. The van der Waals surface area contributed by atoms with Crippen LogP contribution in [0, 0.1) is 12.7 Å². The van der Waals surface area contributed by atoms with Crippen molar-refractivity contribution in [1.29, 1.82) is 0 Å². The second kappa shape index (κ2) is 7.33. The molecular formula is C23H18FNOS. The topological polar surface area (TPSA) is 29.1 Å². The number of nitrogens with one attached hydrogen (secondary N) is 1. The van der Waals surface area contributed by atoms with E-state index >= 15 is 0 Å². The Morgan fingerprint density at radius 1 is 0.963 bits per heavy atom. The van der Waals surface area contributed by atoms with Crippen molar-refractivity contribution >= 4 is 33.0 Å². The number of hydrogen-bond acceptors (Lipinski definition) is 2. The normalized spacial score (nSPS) is 10.9. The van der Waals surface area contributed by atoms with Gasteiger partial charge in [0.1, 0.15) is 5.82 Å². The van der Waals surface area contributed by atoms with E-state index in [2.05, 4.69) is 42.6 Å².